The highest BCUT2D eigenvalue weighted by Crippen LogP contribution is 2.08. The molecule has 0 aromatic rings. The van der Waals surface area contributed by atoms with Gasteiger partial charge in [0.25, 0.3) is 0 Å². The molecule has 0 aliphatic heterocycles. The fourth-order valence-corrected chi connectivity index (χ4v) is 0.920. The topological polar surface area (TPSA) is 0 Å². The monoisotopic (exact) mass is 144 g/mol. The molecule has 0 amide bonds. The molecule has 0 aliphatic carbocycles. The SMILES string of the molecule is C=C(Cl)/C=C(\C)CCC. The Kier molecular flexibility index (Phi) is 4.51. The van der Waals surface area contributed by atoms with Gasteiger partial charge in [-0.2, -0.15) is 0 Å². The second-order valence-electron chi connectivity index (χ2n) is 2.19. The van der Waals surface area contributed by atoms with Crippen molar-refractivity contribution >= 4 is 11.6 Å². The predicted octanol–water partition coefficient (Wildman–Crippen LogP) is 3.49. The maximum atomic E-state index is 5.54. The number of hydrogen-bond donors (Lipinski definition) is 0. The Hall–Kier alpha value is -0.230. The molecule has 0 aromatic heterocycles. The van der Waals surface area contributed by atoms with Crippen LogP contribution in [-0.4, -0.2) is 0 Å². The van der Waals surface area contributed by atoms with Crippen molar-refractivity contribution in [3.8, 4) is 0 Å². The Morgan fingerprint density at radius 3 is 2.56 bits per heavy atom. The van der Waals surface area contributed by atoms with Crippen molar-refractivity contribution in [1.29, 1.82) is 0 Å². The Morgan fingerprint density at radius 2 is 2.22 bits per heavy atom. The lowest BCUT2D eigenvalue weighted by Gasteiger charge is -1.94. The van der Waals surface area contributed by atoms with E-state index in [1.807, 2.05) is 6.08 Å². The first-order chi connectivity index (χ1) is 4.16. The van der Waals surface area contributed by atoms with Gasteiger partial charge < -0.3 is 0 Å². The van der Waals surface area contributed by atoms with E-state index in [2.05, 4.69) is 20.4 Å². The maximum absolute atomic E-state index is 5.54. The van der Waals surface area contributed by atoms with Crippen molar-refractivity contribution in [2.24, 2.45) is 0 Å². The van der Waals surface area contributed by atoms with Crippen LogP contribution < -0.4 is 0 Å². The van der Waals surface area contributed by atoms with E-state index in [-0.39, 0.29) is 0 Å². The average Bonchev–Trinajstić information content (AvgIpc) is 1.63. The van der Waals surface area contributed by atoms with E-state index < -0.39 is 0 Å². The normalized spacial score (nSPS) is 11.7. The zero-order chi connectivity index (χ0) is 7.28. The molecule has 0 unspecified atom stereocenters. The second kappa shape index (κ2) is 4.63. The van der Waals surface area contributed by atoms with Crippen LogP contribution in [0.5, 0.6) is 0 Å². The minimum absolute atomic E-state index is 0.626. The number of allylic oxidation sites excluding steroid dienone is 3. The summed E-state index contributed by atoms with van der Waals surface area (Å²) in [7, 11) is 0. The Morgan fingerprint density at radius 1 is 1.67 bits per heavy atom. The van der Waals surface area contributed by atoms with Crippen LogP contribution in [-0.2, 0) is 0 Å². The molecule has 0 spiro atoms. The van der Waals surface area contributed by atoms with Gasteiger partial charge in [0.05, 0.1) is 0 Å². The smallest absolute Gasteiger partial charge is 0.0333 e. The van der Waals surface area contributed by atoms with Gasteiger partial charge in [-0.15, -0.1) is 0 Å². The standard InChI is InChI=1S/C8H13Cl/c1-4-5-7(2)6-8(3)9/h6H,3-5H2,1-2H3/b7-6+. The number of halogens is 1. The molecule has 0 nitrogen and oxygen atoms in total. The summed E-state index contributed by atoms with van der Waals surface area (Å²) in [5, 5.41) is 0.626. The minimum atomic E-state index is 0.626. The molecular weight excluding hydrogens is 132 g/mol. The highest BCUT2D eigenvalue weighted by Gasteiger charge is 1.86. The molecular formula is C8H13Cl. The lowest BCUT2D eigenvalue weighted by molar-refractivity contribution is 0.905. The summed E-state index contributed by atoms with van der Waals surface area (Å²) in [5.74, 6) is 0. The first-order valence-corrected chi connectivity index (χ1v) is 3.56. The van der Waals surface area contributed by atoms with Crippen LogP contribution in [0.25, 0.3) is 0 Å². The second-order valence-corrected chi connectivity index (χ2v) is 2.67. The summed E-state index contributed by atoms with van der Waals surface area (Å²) < 4.78 is 0. The molecule has 0 atom stereocenters. The number of rotatable bonds is 3. The molecule has 0 saturated heterocycles. The lowest BCUT2D eigenvalue weighted by atomic mass is 10.2. The van der Waals surface area contributed by atoms with E-state index in [1.54, 1.807) is 0 Å². The van der Waals surface area contributed by atoms with Gasteiger partial charge >= 0.3 is 0 Å². The molecule has 0 heterocycles. The van der Waals surface area contributed by atoms with Gasteiger partial charge in [-0.05, 0) is 19.4 Å². The maximum Gasteiger partial charge on any atom is 0.0333 e. The molecule has 9 heavy (non-hydrogen) atoms. The molecule has 0 bridgehead atoms. The molecule has 0 rings (SSSR count). The van der Waals surface area contributed by atoms with Gasteiger partial charge in [-0.1, -0.05) is 37.1 Å². The van der Waals surface area contributed by atoms with Crippen molar-refractivity contribution < 1.29 is 0 Å². The van der Waals surface area contributed by atoms with Gasteiger partial charge in [-0.3, -0.25) is 0 Å². The van der Waals surface area contributed by atoms with Crippen LogP contribution in [0.2, 0.25) is 0 Å². The zero-order valence-corrected chi connectivity index (χ0v) is 6.83. The number of hydrogen-bond acceptors (Lipinski definition) is 0. The van der Waals surface area contributed by atoms with Crippen molar-refractivity contribution in [2.45, 2.75) is 26.7 Å². The highest BCUT2D eigenvalue weighted by atomic mass is 35.5. The summed E-state index contributed by atoms with van der Waals surface area (Å²) >= 11 is 5.54. The van der Waals surface area contributed by atoms with Gasteiger partial charge in [0.1, 0.15) is 0 Å². The van der Waals surface area contributed by atoms with E-state index in [0.717, 1.165) is 6.42 Å². The van der Waals surface area contributed by atoms with Crippen LogP contribution in [0.1, 0.15) is 26.7 Å². The molecule has 0 aliphatic rings. The molecule has 0 radical (unpaired) electrons. The summed E-state index contributed by atoms with van der Waals surface area (Å²) in [6.07, 6.45) is 4.20. The largest absolute Gasteiger partial charge is 0.0850 e. The van der Waals surface area contributed by atoms with Crippen LogP contribution in [0.15, 0.2) is 23.3 Å². The first-order valence-electron chi connectivity index (χ1n) is 3.18. The van der Waals surface area contributed by atoms with Gasteiger partial charge in [0.2, 0.25) is 0 Å². The summed E-state index contributed by atoms with van der Waals surface area (Å²) in [4.78, 5) is 0. The summed E-state index contributed by atoms with van der Waals surface area (Å²) in [6.45, 7) is 7.78. The van der Waals surface area contributed by atoms with Gasteiger partial charge in [-0.25, -0.2) is 0 Å². The molecule has 0 fully saturated rings. The molecule has 0 saturated carbocycles. The lowest BCUT2D eigenvalue weighted by Crippen LogP contribution is -1.73. The Labute approximate surface area is 62.2 Å². The third-order valence-corrected chi connectivity index (χ3v) is 1.16. The fourth-order valence-electron chi connectivity index (χ4n) is 0.734. The fraction of sp³-hybridized carbons (Fsp3) is 0.500. The van der Waals surface area contributed by atoms with E-state index in [4.69, 9.17) is 11.6 Å². The Balaban J connectivity index is 3.69. The molecule has 1 heteroatoms. The van der Waals surface area contributed by atoms with Crippen LogP contribution in [0.3, 0.4) is 0 Å². The van der Waals surface area contributed by atoms with Crippen molar-refractivity contribution in [3.05, 3.63) is 23.3 Å². The summed E-state index contributed by atoms with van der Waals surface area (Å²) in [6, 6.07) is 0. The van der Waals surface area contributed by atoms with E-state index >= 15 is 0 Å². The third kappa shape index (κ3) is 5.64. The summed E-state index contributed by atoms with van der Waals surface area (Å²) in [5.41, 5.74) is 1.30. The third-order valence-electron chi connectivity index (χ3n) is 1.05. The Bertz CT molecular complexity index is 123. The quantitative estimate of drug-likeness (QED) is 0.532. The van der Waals surface area contributed by atoms with E-state index in [0.29, 0.717) is 5.03 Å². The average molecular weight is 145 g/mol. The predicted molar refractivity (Wildman–Crippen MR) is 43.7 cm³/mol. The van der Waals surface area contributed by atoms with Crippen molar-refractivity contribution in [1.82, 2.24) is 0 Å². The van der Waals surface area contributed by atoms with Gasteiger partial charge in [0.15, 0.2) is 0 Å². The van der Waals surface area contributed by atoms with Crippen LogP contribution in [0.4, 0.5) is 0 Å². The first kappa shape index (κ1) is 8.77. The van der Waals surface area contributed by atoms with Crippen molar-refractivity contribution in [2.75, 3.05) is 0 Å². The van der Waals surface area contributed by atoms with Crippen LogP contribution in [0, 0.1) is 0 Å². The molecule has 52 valence electrons. The van der Waals surface area contributed by atoms with E-state index in [1.165, 1.54) is 12.0 Å². The zero-order valence-electron chi connectivity index (χ0n) is 6.08. The minimum Gasteiger partial charge on any atom is -0.0850 e. The molecule has 0 aromatic carbocycles. The molecule has 0 N–H and O–H groups in total. The van der Waals surface area contributed by atoms with Crippen LogP contribution >= 0.6 is 11.6 Å². The van der Waals surface area contributed by atoms with Gasteiger partial charge in [0, 0.05) is 5.03 Å². The van der Waals surface area contributed by atoms with Crippen molar-refractivity contribution in [3.63, 3.8) is 0 Å². The van der Waals surface area contributed by atoms with E-state index in [9.17, 15) is 0 Å². The highest BCUT2D eigenvalue weighted by molar-refractivity contribution is 6.30.